The van der Waals surface area contributed by atoms with E-state index in [4.69, 9.17) is 4.74 Å². The average Bonchev–Trinajstić information content (AvgIpc) is 3.50. The summed E-state index contributed by atoms with van der Waals surface area (Å²) in [5.41, 5.74) is 6.00. The molecule has 1 aromatic heterocycles. The highest BCUT2D eigenvalue weighted by Crippen LogP contribution is 2.38. The molecule has 0 aliphatic carbocycles. The van der Waals surface area contributed by atoms with Gasteiger partial charge in [-0.3, -0.25) is 4.57 Å². The highest BCUT2D eigenvalue weighted by atomic mass is 19.4. The van der Waals surface area contributed by atoms with Gasteiger partial charge in [0.2, 0.25) is 0 Å². The van der Waals surface area contributed by atoms with Crippen LogP contribution in [0.25, 0.3) is 28.0 Å². The van der Waals surface area contributed by atoms with Crippen molar-refractivity contribution in [1.82, 2.24) is 20.0 Å². The Kier molecular flexibility index (Phi) is 7.03. The number of imidazole rings is 1. The minimum atomic E-state index is -4.43. The zero-order valence-electron chi connectivity index (χ0n) is 21.7. The summed E-state index contributed by atoms with van der Waals surface area (Å²) >= 11 is 0. The van der Waals surface area contributed by atoms with Gasteiger partial charge in [0.05, 0.1) is 35.9 Å². The highest BCUT2D eigenvalue weighted by Gasteiger charge is 2.35. The number of hydrogen-bond acceptors (Lipinski definition) is 4. The molecule has 0 amide bonds. The first-order chi connectivity index (χ1) is 18.1. The van der Waals surface area contributed by atoms with E-state index in [-0.39, 0.29) is 17.0 Å². The summed E-state index contributed by atoms with van der Waals surface area (Å²) in [4.78, 5) is 4.52. The van der Waals surface area contributed by atoms with Crippen LogP contribution in [0.4, 0.5) is 13.2 Å². The molecule has 8 heteroatoms. The van der Waals surface area contributed by atoms with Crippen molar-refractivity contribution in [2.45, 2.75) is 39.6 Å². The maximum Gasteiger partial charge on any atom is 0.417 e. The van der Waals surface area contributed by atoms with Gasteiger partial charge < -0.3 is 10.2 Å². The summed E-state index contributed by atoms with van der Waals surface area (Å²) < 4.78 is 48.6. The standard InChI is InChI=1S/C30H31F3N4O/c1-29(2,3)27-18-28(35-37(27)15-16-38-19-21-9-5-4-6-10-21)36-20-34-25-17-22(13-14-26(25)36)23-11-7-8-12-24(23)30(31,32)33/h4-14,17-18,20,27,35H,15-16,19H2,1-3H3. The summed E-state index contributed by atoms with van der Waals surface area (Å²) in [6, 6.07) is 21.1. The van der Waals surface area contributed by atoms with E-state index in [0.717, 1.165) is 23.0 Å². The first-order valence-corrected chi connectivity index (χ1v) is 12.6. The van der Waals surface area contributed by atoms with Gasteiger partial charge in [-0.1, -0.05) is 75.4 Å². The molecule has 38 heavy (non-hydrogen) atoms. The third-order valence-electron chi connectivity index (χ3n) is 6.74. The normalized spacial score (nSPS) is 16.6. The van der Waals surface area contributed by atoms with Crippen LogP contribution in [0.15, 0.2) is 85.2 Å². The molecule has 1 atom stereocenters. The van der Waals surface area contributed by atoms with E-state index >= 15 is 0 Å². The van der Waals surface area contributed by atoms with Crippen molar-refractivity contribution in [3.63, 3.8) is 0 Å². The molecule has 198 valence electrons. The van der Waals surface area contributed by atoms with Crippen LogP contribution >= 0.6 is 0 Å². The van der Waals surface area contributed by atoms with E-state index in [0.29, 0.717) is 30.8 Å². The van der Waals surface area contributed by atoms with Gasteiger partial charge in [-0.25, -0.2) is 9.99 Å². The Labute approximate surface area is 220 Å². The molecule has 4 aromatic rings. The number of aromatic nitrogens is 2. The molecule has 2 heterocycles. The van der Waals surface area contributed by atoms with E-state index in [1.807, 2.05) is 41.0 Å². The molecule has 0 saturated heterocycles. The highest BCUT2D eigenvalue weighted by molar-refractivity contribution is 5.85. The summed E-state index contributed by atoms with van der Waals surface area (Å²) in [7, 11) is 0. The SMILES string of the molecule is CC(C)(C)C1C=C(n2cnc3cc(-c4ccccc4C(F)(F)F)ccc32)NN1CCOCc1ccccc1. The number of hydrazine groups is 1. The molecule has 0 spiro atoms. The van der Waals surface area contributed by atoms with Gasteiger partial charge in [-0.05, 0) is 46.4 Å². The Morgan fingerprint density at radius 1 is 0.947 bits per heavy atom. The number of nitrogens with one attached hydrogen (secondary N) is 1. The lowest BCUT2D eigenvalue weighted by Crippen LogP contribution is -2.46. The minimum absolute atomic E-state index is 0.0426. The molecule has 1 N–H and O–H groups in total. The summed E-state index contributed by atoms with van der Waals surface area (Å²) in [5, 5.41) is 2.17. The van der Waals surface area contributed by atoms with Crippen LogP contribution in [-0.4, -0.2) is 33.8 Å². The predicted molar refractivity (Wildman–Crippen MR) is 144 cm³/mol. The number of halogens is 3. The second-order valence-electron chi connectivity index (χ2n) is 10.6. The number of hydrogen-bond donors (Lipinski definition) is 1. The summed E-state index contributed by atoms with van der Waals surface area (Å²) in [6.45, 7) is 8.36. The second-order valence-corrected chi connectivity index (χ2v) is 10.6. The quantitative estimate of drug-likeness (QED) is 0.267. The van der Waals surface area contributed by atoms with Gasteiger partial charge in [0.15, 0.2) is 0 Å². The Bertz CT molecular complexity index is 1440. The van der Waals surface area contributed by atoms with Crippen LogP contribution in [-0.2, 0) is 17.5 Å². The lowest BCUT2D eigenvalue weighted by molar-refractivity contribution is -0.137. The Hall–Kier alpha value is -3.62. The van der Waals surface area contributed by atoms with Crippen molar-refractivity contribution in [2.75, 3.05) is 13.2 Å². The molecule has 1 aliphatic heterocycles. The summed E-state index contributed by atoms with van der Waals surface area (Å²) in [5.74, 6) is 0.860. The Morgan fingerprint density at radius 2 is 1.68 bits per heavy atom. The van der Waals surface area contributed by atoms with Crippen molar-refractivity contribution in [1.29, 1.82) is 0 Å². The number of rotatable bonds is 7. The molecular formula is C30H31F3N4O. The first-order valence-electron chi connectivity index (χ1n) is 12.6. The molecule has 0 saturated carbocycles. The zero-order chi connectivity index (χ0) is 26.9. The third-order valence-corrected chi connectivity index (χ3v) is 6.74. The second kappa shape index (κ2) is 10.3. The first kappa shape index (κ1) is 26.0. The zero-order valence-corrected chi connectivity index (χ0v) is 21.7. The van der Waals surface area contributed by atoms with Gasteiger partial charge in [-0.15, -0.1) is 0 Å². The van der Waals surface area contributed by atoms with Crippen molar-refractivity contribution >= 4 is 16.9 Å². The lowest BCUT2D eigenvalue weighted by Gasteiger charge is -2.34. The van der Waals surface area contributed by atoms with Crippen LogP contribution in [0.5, 0.6) is 0 Å². The minimum Gasteiger partial charge on any atom is -0.375 e. The van der Waals surface area contributed by atoms with Gasteiger partial charge in [-0.2, -0.15) is 13.2 Å². The molecule has 1 aliphatic rings. The Morgan fingerprint density at radius 3 is 2.42 bits per heavy atom. The van der Waals surface area contributed by atoms with Crippen molar-refractivity contribution < 1.29 is 17.9 Å². The largest absolute Gasteiger partial charge is 0.417 e. The number of benzene rings is 3. The monoisotopic (exact) mass is 520 g/mol. The van der Waals surface area contributed by atoms with E-state index in [1.54, 1.807) is 24.5 Å². The van der Waals surface area contributed by atoms with Crippen LogP contribution in [0.1, 0.15) is 31.9 Å². The molecule has 1 unspecified atom stereocenters. The fourth-order valence-corrected chi connectivity index (χ4v) is 4.82. The number of alkyl halides is 3. The van der Waals surface area contributed by atoms with Crippen molar-refractivity contribution in [2.24, 2.45) is 5.41 Å². The van der Waals surface area contributed by atoms with E-state index in [9.17, 15) is 13.2 Å². The molecule has 0 bridgehead atoms. The molecule has 0 radical (unpaired) electrons. The lowest BCUT2D eigenvalue weighted by atomic mass is 9.86. The fourth-order valence-electron chi connectivity index (χ4n) is 4.82. The number of ether oxygens (including phenoxy) is 1. The van der Waals surface area contributed by atoms with E-state index in [1.165, 1.54) is 12.1 Å². The number of nitrogens with zero attached hydrogens (tertiary/aromatic N) is 3. The van der Waals surface area contributed by atoms with Crippen LogP contribution < -0.4 is 5.43 Å². The maximum atomic E-state index is 13.6. The summed E-state index contributed by atoms with van der Waals surface area (Å²) in [6.07, 6.45) is -0.553. The van der Waals surface area contributed by atoms with Gasteiger partial charge >= 0.3 is 6.18 Å². The maximum absolute atomic E-state index is 13.6. The Balaban J connectivity index is 1.35. The predicted octanol–water partition coefficient (Wildman–Crippen LogP) is 6.97. The molecule has 5 nitrogen and oxygen atoms in total. The van der Waals surface area contributed by atoms with Crippen molar-refractivity contribution in [3.05, 3.63) is 96.3 Å². The third kappa shape index (κ3) is 5.47. The molecule has 5 rings (SSSR count). The van der Waals surface area contributed by atoms with Crippen LogP contribution in [0, 0.1) is 5.41 Å². The van der Waals surface area contributed by atoms with Gasteiger partial charge in [0.1, 0.15) is 12.1 Å². The van der Waals surface area contributed by atoms with Crippen LogP contribution in [0.3, 0.4) is 0 Å². The molecular weight excluding hydrogens is 489 g/mol. The van der Waals surface area contributed by atoms with E-state index in [2.05, 4.69) is 42.3 Å². The van der Waals surface area contributed by atoms with Gasteiger partial charge in [0, 0.05) is 6.54 Å². The molecule has 3 aromatic carbocycles. The number of fused-ring (bicyclic) bond motifs is 1. The topological polar surface area (TPSA) is 42.3 Å². The van der Waals surface area contributed by atoms with Crippen LogP contribution in [0.2, 0.25) is 0 Å². The van der Waals surface area contributed by atoms with Crippen molar-refractivity contribution in [3.8, 4) is 11.1 Å². The smallest absolute Gasteiger partial charge is 0.375 e. The molecule has 0 fully saturated rings. The average molecular weight is 521 g/mol. The van der Waals surface area contributed by atoms with Gasteiger partial charge in [0.25, 0.3) is 0 Å². The van der Waals surface area contributed by atoms with E-state index < -0.39 is 11.7 Å². The fraction of sp³-hybridized carbons (Fsp3) is 0.300.